The summed E-state index contributed by atoms with van der Waals surface area (Å²) in [5, 5.41) is 12.8. The van der Waals surface area contributed by atoms with E-state index in [2.05, 4.69) is 38.1 Å². The summed E-state index contributed by atoms with van der Waals surface area (Å²) in [5.74, 6) is 1.52. The predicted molar refractivity (Wildman–Crippen MR) is 70.9 cm³/mol. The lowest BCUT2D eigenvalue weighted by Crippen LogP contribution is -2.04. The third-order valence-electron chi connectivity index (χ3n) is 1.79. The summed E-state index contributed by atoms with van der Waals surface area (Å²) in [5.41, 5.74) is 0. The van der Waals surface area contributed by atoms with Gasteiger partial charge in [0.1, 0.15) is 5.03 Å². The van der Waals surface area contributed by atoms with Gasteiger partial charge in [-0.15, -0.1) is 11.8 Å². The lowest BCUT2D eigenvalue weighted by Gasteiger charge is -2.06. The van der Waals surface area contributed by atoms with Crippen molar-refractivity contribution in [1.82, 2.24) is 9.97 Å². The molecule has 0 fully saturated rings. The number of thioether (sulfide) groups is 1. The van der Waals surface area contributed by atoms with E-state index in [1.54, 1.807) is 18.0 Å². The molecule has 1 rings (SSSR count). The van der Waals surface area contributed by atoms with E-state index in [4.69, 9.17) is 5.11 Å². The van der Waals surface area contributed by atoms with Gasteiger partial charge < -0.3 is 10.4 Å². The van der Waals surface area contributed by atoms with Gasteiger partial charge in [0.25, 0.3) is 0 Å². The van der Waals surface area contributed by atoms with E-state index in [0.717, 1.165) is 34.6 Å². The third kappa shape index (κ3) is 4.67. The third-order valence-corrected chi connectivity index (χ3v) is 3.71. The minimum Gasteiger partial charge on any atom is -0.396 e. The molecule has 0 unspecified atom stereocenters. The maximum Gasteiger partial charge on any atom is 0.223 e. The summed E-state index contributed by atoms with van der Waals surface area (Å²) in [6.07, 6.45) is 3.58. The Labute approximate surface area is 108 Å². The van der Waals surface area contributed by atoms with Crippen LogP contribution >= 0.6 is 27.7 Å². The summed E-state index contributed by atoms with van der Waals surface area (Å²) in [6.45, 7) is 3.20. The molecule has 0 saturated heterocycles. The number of rotatable bonds is 7. The Hall–Kier alpha value is -0.330. The second kappa shape index (κ2) is 7.86. The number of hydrogen-bond acceptors (Lipinski definition) is 5. The van der Waals surface area contributed by atoms with Crippen molar-refractivity contribution >= 4 is 33.6 Å². The molecule has 0 aromatic carbocycles. The van der Waals surface area contributed by atoms with E-state index in [1.807, 2.05) is 0 Å². The number of halogens is 1. The molecule has 0 amide bonds. The molecule has 16 heavy (non-hydrogen) atoms. The zero-order chi connectivity index (χ0) is 11.8. The van der Waals surface area contributed by atoms with Crippen LogP contribution in [0.3, 0.4) is 0 Å². The van der Waals surface area contributed by atoms with E-state index < -0.39 is 0 Å². The highest BCUT2D eigenvalue weighted by molar-refractivity contribution is 9.10. The first-order valence-corrected chi connectivity index (χ1v) is 7.05. The fourth-order valence-electron chi connectivity index (χ4n) is 1.01. The van der Waals surface area contributed by atoms with Crippen molar-refractivity contribution in [3.8, 4) is 0 Å². The van der Waals surface area contributed by atoms with Crippen molar-refractivity contribution in [2.45, 2.75) is 24.8 Å². The second-order valence-corrected chi connectivity index (χ2v) is 5.14. The maximum absolute atomic E-state index is 8.71. The lowest BCUT2D eigenvalue weighted by atomic mass is 10.5. The Morgan fingerprint density at radius 1 is 1.56 bits per heavy atom. The molecule has 1 aromatic rings. The molecule has 6 heteroatoms. The highest BCUT2D eigenvalue weighted by atomic mass is 79.9. The monoisotopic (exact) mass is 305 g/mol. The number of anilines is 1. The molecule has 0 radical (unpaired) electrons. The number of aliphatic hydroxyl groups excluding tert-OH is 1. The molecule has 4 nitrogen and oxygen atoms in total. The van der Waals surface area contributed by atoms with Crippen LogP contribution in [0, 0.1) is 0 Å². The Balaban J connectivity index is 2.59. The number of nitrogens with zero attached hydrogens (tertiary/aromatic N) is 2. The van der Waals surface area contributed by atoms with Gasteiger partial charge in [0.15, 0.2) is 0 Å². The van der Waals surface area contributed by atoms with Gasteiger partial charge in [-0.05, 0) is 28.8 Å². The smallest absolute Gasteiger partial charge is 0.223 e. The molecular weight excluding hydrogens is 290 g/mol. The van der Waals surface area contributed by atoms with Gasteiger partial charge in [-0.3, -0.25) is 0 Å². The van der Waals surface area contributed by atoms with Gasteiger partial charge in [-0.2, -0.15) is 0 Å². The van der Waals surface area contributed by atoms with E-state index in [1.165, 1.54) is 0 Å². The van der Waals surface area contributed by atoms with E-state index in [0.29, 0.717) is 5.95 Å². The molecule has 0 aliphatic heterocycles. The summed E-state index contributed by atoms with van der Waals surface area (Å²) in [4.78, 5) is 8.57. The van der Waals surface area contributed by atoms with Crippen molar-refractivity contribution in [3.05, 3.63) is 10.7 Å². The Morgan fingerprint density at radius 3 is 3.06 bits per heavy atom. The second-order valence-electron chi connectivity index (χ2n) is 3.20. The van der Waals surface area contributed by atoms with Crippen molar-refractivity contribution in [3.63, 3.8) is 0 Å². The molecule has 2 N–H and O–H groups in total. The van der Waals surface area contributed by atoms with Crippen LogP contribution in [0.25, 0.3) is 0 Å². The van der Waals surface area contributed by atoms with Crippen molar-refractivity contribution in [1.29, 1.82) is 0 Å². The van der Waals surface area contributed by atoms with Crippen molar-refractivity contribution in [2.75, 3.05) is 24.2 Å². The van der Waals surface area contributed by atoms with Crippen LogP contribution in [0.15, 0.2) is 15.7 Å². The lowest BCUT2D eigenvalue weighted by molar-refractivity contribution is 0.296. The minimum absolute atomic E-state index is 0.219. The maximum atomic E-state index is 8.71. The van der Waals surface area contributed by atoms with Crippen molar-refractivity contribution < 1.29 is 5.11 Å². The van der Waals surface area contributed by atoms with Crippen LogP contribution in [0.4, 0.5) is 5.95 Å². The predicted octanol–water partition coefficient (Wildman–Crippen LogP) is 2.54. The van der Waals surface area contributed by atoms with E-state index in [-0.39, 0.29) is 6.61 Å². The van der Waals surface area contributed by atoms with E-state index >= 15 is 0 Å². The number of hydrogen-bond donors (Lipinski definition) is 2. The minimum atomic E-state index is 0.219. The molecular formula is C10H16BrN3OS. The topological polar surface area (TPSA) is 58.0 Å². The van der Waals surface area contributed by atoms with Crippen LogP contribution < -0.4 is 5.32 Å². The number of aromatic nitrogens is 2. The SMILES string of the molecule is CCCNc1ncc(Br)c(SCCCO)n1. The van der Waals surface area contributed by atoms with Crippen LogP contribution in [0.2, 0.25) is 0 Å². The molecule has 0 atom stereocenters. The zero-order valence-corrected chi connectivity index (χ0v) is 11.6. The first kappa shape index (κ1) is 13.7. The average molecular weight is 306 g/mol. The molecule has 0 spiro atoms. The Morgan fingerprint density at radius 2 is 2.38 bits per heavy atom. The largest absolute Gasteiger partial charge is 0.396 e. The van der Waals surface area contributed by atoms with Gasteiger partial charge in [-0.25, -0.2) is 9.97 Å². The van der Waals surface area contributed by atoms with Crippen LogP contribution in [0.1, 0.15) is 19.8 Å². The van der Waals surface area contributed by atoms with Gasteiger partial charge in [0, 0.05) is 25.1 Å². The molecule has 0 bridgehead atoms. The van der Waals surface area contributed by atoms with Gasteiger partial charge in [-0.1, -0.05) is 6.92 Å². The highest BCUT2D eigenvalue weighted by Crippen LogP contribution is 2.26. The average Bonchev–Trinajstić information content (AvgIpc) is 2.30. The fraction of sp³-hybridized carbons (Fsp3) is 0.600. The van der Waals surface area contributed by atoms with Gasteiger partial charge >= 0.3 is 0 Å². The molecule has 0 saturated carbocycles. The van der Waals surface area contributed by atoms with Gasteiger partial charge in [0.05, 0.1) is 4.47 Å². The normalized spacial score (nSPS) is 10.4. The highest BCUT2D eigenvalue weighted by Gasteiger charge is 2.05. The van der Waals surface area contributed by atoms with Crippen molar-refractivity contribution in [2.24, 2.45) is 0 Å². The van der Waals surface area contributed by atoms with Crippen LogP contribution in [-0.4, -0.2) is 34.0 Å². The fourth-order valence-corrected chi connectivity index (χ4v) is 2.35. The Bertz CT molecular complexity index is 325. The van der Waals surface area contributed by atoms with Gasteiger partial charge in [0.2, 0.25) is 5.95 Å². The summed E-state index contributed by atoms with van der Waals surface area (Å²) in [6, 6.07) is 0. The first-order chi connectivity index (χ1) is 7.77. The summed E-state index contributed by atoms with van der Waals surface area (Å²) < 4.78 is 0.900. The molecule has 1 heterocycles. The Kier molecular flexibility index (Phi) is 6.75. The number of aliphatic hydroxyl groups is 1. The molecule has 1 aromatic heterocycles. The molecule has 0 aliphatic rings. The number of nitrogens with one attached hydrogen (secondary N) is 1. The van der Waals surface area contributed by atoms with Crippen LogP contribution in [0.5, 0.6) is 0 Å². The molecule has 0 aliphatic carbocycles. The van der Waals surface area contributed by atoms with E-state index in [9.17, 15) is 0 Å². The first-order valence-electron chi connectivity index (χ1n) is 5.28. The van der Waals surface area contributed by atoms with Crippen LogP contribution in [-0.2, 0) is 0 Å². The summed E-state index contributed by atoms with van der Waals surface area (Å²) in [7, 11) is 0. The quantitative estimate of drug-likeness (QED) is 0.460. The summed E-state index contributed by atoms with van der Waals surface area (Å²) >= 11 is 5.04. The standard InChI is InChI=1S/C10H16BrN3OS/c1-2-4-12-10-13-7-8(11)9(14-10)16-6-3-5-15/h7,15H,2-6H2,1H3,(H,12,13,14). The zero-order valence-electron chi connectivity index (χ0n) is 9.24. The molecule has 90 valence electrons.